The molecule has 0 aliphatic rings. The zero-order valence-corrected chi connectivity index (χ0v) is 12.7. The van der Waals surface area contributed by atoms with Crippen LogP contribution < -0.4 is 9.61 Å². The minimum Gasteiger partial charge on any atom is -0.408 e. The maximum atomic E-state index is 12.2. The van der Waals surface area contributed by atoms with Gasteiger partial charge < -0.3 is 4.74 Å². The Bertz CT molecular complexity index is 901. The van der Waals surface area contributed by atoms with Gasteiger partial charge in [-0.3, -0.25) is 4.79 Å². The Kier molecular flexibility index (Phi) is 3.71. The largest absolute Gasteiger partial charge is 0.427 e. The number of carbonyl (C=O) groups is 1. The molecule has 0 N–H and O–H groups in total. The molecule has 0 aliphatic heterocycles. The molecule has 0 saturated carbocycles. The highest BCUT2D eigenvalue weighted by atomic mass is 35.5. The zero-order chi connectivity index (χ0) is 15.0. The summed E-state index contributed by atoms with van der Waals surface area (Å²) < 4.78 is 6.86. The molecule has 4 nitrogen and oxygen atoms in total. The number of thiazole rings is 1. The van der Waals surface area contributed by atoms with E-state index in [9.17, 15) is 9.59 Å². The molecule has 0 fully saturated rings. The summed E-state index contributed by atoms with van der Waals surface area (Å²) in [6, 6.07) is 11.5. The van der Waals surface area contributed by atoms with Gasteiger partial charge in [-0.05, 0) is 30.3 Å². The summed E-state index contributed by atoms with van der Waals surface area (Å²) >= 11 is 12.7. The summed E-state index contributed by atoms with van der Waals surface area (Å²) in [6.45, 7) is 0. The summed E-state index contributed by atoms with van der Waals surface area (Å²) in [4.78, 5) is 23.7. The van der Waals surface area contributed by atoms with E-state index < -0.39 is 11.0 Å². The quantitative estimate of drug-likeness (QED) is 0.659. The third-order valence-corrected chi connectivity index (χ3v) is 4.21. The van der Waals surface area contributed by atoms with Gasteiger partial charge in [0.1, 0.15) is 0 Å². The van der Waals surface area contributed by atoms with Gasteiger partial charge in [-0.1, -0.05) is 46.7 Å². The molecule has 0 unspecified atom stereocenters. The molecule has 0 atom stereocenters. The summed E-state index contributed by atoms with van der Waals surface area (Å²) in [5.41, 5.74) is 0.502. The number of hydrogen-bond acceptors (Lipinski definition) is 4. The van der Waals surface area contributed by atoms with E-state index in [2.05, 4.69) is 0 Å². The molecule has 3 rings (SSSR count). The summed E-state index contributed by atoms with van der Waals surface area (Å²) in [5, 5.41) is 0.626. The van der Waals surface area contributed by atoms with Crippen molar-refractivity contribution in [3.05, 3.63) is 62.2 Å². The second-order valence-corrected chi connectivity index (χ2v) is 5.95. The smallest absolute Gasteiger partial charge is 0.408 e. The normalized spacial score (nSPS) is 10.8. The molecule has 7 heteroatoms. The van der Waals surface area contributed by atoms with Crippen LogP contribution in [-0.4, -0.2) is 10.7 Å². The lowest BCUT2D eigenvalue weighted by atomic mass is 10.3. The molecule has 0 spiro atoms. The van der Waals surface area contributed by atoms with Crippen LogP contribution in [0.25, 0.3) is 10.2 Å². The fourth-order valence-corrected chi connectivity index (χ4v) is 3.15. The topological polar surface area (TPSA) is 48.3 Å². The first-order chi connectivity index (χ1) is 10.1. The fourth-order valence-electron chi connectivity index (χ4n) is 1.84. The maximum Gasteiger partial charge on any atom is 0.427 e. The van der Waals surface area contributed by atoms with Gasteiger partial charge in [0.2, 0.25) is 0 Å². The van der Waals surface area contributed by atoms with Crippen LogP contribution in [0.3, 0.4) is 0 Å². The average molecular weight is 340 g/mol. The number of aromatic nitrogens is 1. The number of nitrogens with zero attached hydrogens (tertiary/aromatic N) is 1. The van der Waals surface area contributed by atoms with Gasteiger partial charge in [-0.25, -0.2) is 9.36 Å². The Morgan fingerprint density at radius 3 is 2.67 bits per heavy atom. The highest BCUT2D eigenvalue weighted by Crippen LogP contribution is 2.28. The predicted molar refractivity (Wildman–Crippen MR) is 84.0 cm³/mol. The third kappa shape index (κ3) is 2.68. The SMILES string of the molecule is O=C(Oc1ccc(Cl)cc1Cl)n1c(=O)sc2ccccc21. The van der Waals surface area contributed by atoms with Crippen LogP contribution >= 0.6 is 34.5 Å². The maximum absolute atomic E-state index is 12.2. The number of fused-ring (bicyclic) bond motifs is 1. The molecular formula is C14H7Cl2NO3S. The number of carbonyl (C=O) groups excluding carboxylic acids is 1. The van der Waals surface area contributed by atoms with Crippen LogP contribution in [0.5, 0.6) is 5.75 Å². The first-order valence-electron chi connectivity index (χ1n) is 5.84. The van der Waals surface area contributed by atoms with Gasteiger partial charge in [-0.15, -0.1) is 0 Å². The molecule has 0 bridgehead atoms. The van der Waals surface area contributed by atoms with Gasteiger partial charge >= 0.3 is 11.0 Å². The Morgan fingerprint density at radius 1 is 1.14 bits per heavy atom. The van der Waals surface area contributed by atoms with E-state index in [-0.39, 0.29) is 10.8 Å². The van der Waals surface area contributed by atoms with Crippen LogP contribution in [0.1, 0.15) is 0 Å². The molecule has 0 aliphatic carbocycles. The highest BCUT2D eigenvalue weighted by Gasteiger charge is 2.17. The van der Waals surface area contributed by atoms with Crippen LogP contribution in [0.4, 0.5) is 4.79 Å². The van der Waals surface area contributed by atoms with Crippen molar-refractivity contribution in [3.8, 4) is 5.75 Å². The highest BCUT2D eigenvalue weighted by molar-refractivity contribution is 7.16. The zero-order valence-electron chi connectivity index (χ0n) is 10.4. The summed E-state index contributed by atoms with van der Waals surface area (Å²) in [5.74, 6) is 0.147. The van der Waals surface area contributed by atoms with E-state index in [1.807, 2.05) is 0 Å². The van der Waals surface area contributed by atoms with E-state index in [4.69, 9.17) is 27.9 Å². The van der Waals surface area contributed by atoms with E-state index in [1.54, 1.807) is 30.3 Å². The van der Waals surface area contributed by atoms with Crippen molar-refractivity contribution in [1.82, 2.24) is 4.57 Å². The van der Waals surface area contributed by atoms with E-state index in [0.29, 0.717) is 15.2 Å². The molecule has 106 valence electrons. The molecule has 1 aromatic heterocycles. The first-order valence-corrected chi connectivity index (χ1v) is 7.41. The monoisotopic (exact) mass is 339 g/mol. The fraction of sp³-hybridized carbons (Fsp3) is 0. The summed E-state index contributed by atoms with van der Waals surface area (Å²) in [6.07, 6.45) is -0.804. The Hall–Kier alpha value is -1.82. The van der Waals surface area contributed by atoms with Crippen molar-refractivity contribution in [2.45, 2.75) is 0 Å². The Balaban J connectivity index is 2.01. The molecule has 21 heavy (non-hydrogen) atoms. The van der Waals surface area contributed by atoms with Gasteiger partial charge in [0.15, 0.2) is 5.75 Å². The lowest BCUT2D eigenvalue weighted by molar-refractivity contribution is 0.203. The Morgan fingerprint density at radius 2 is 1.90 bits per heavy atom. The van der Waals surface area contributed by atoms with Crippen LogP contribution in [0, 0.1) is 0 Å². The molecular weight excluding hydrogens is 333 g/mol. The van der Waals surface area contributed by atoms with Crippen molar-refractivity contribution in [3.63, 3.8) is 0 Å². The van der Waals surface area contributed by atoms with Gasteiger partial charge in [0.05, 0.1) is 15.2 Å². The van der Waals surface area contributed by atoms with Crippen molar-refractivity contribution in [1.29, 1.82) is 0 Å². The van der Waals surface area contributed by atoms with Crippen LogP contribution in [-0.2, 0) is 0 Å². The van der Waals surface area contributed by atoms with Crippen molar-refractivity contribution in [2.75, 3.05) is 0 Å². The predicted octanol–water partition coefficient (Wildman–Crippen LogP) is 4.42. The number of halogens is 2. The minimum atomic E-state index is -0.804. The van der Waals surface area contributed by atoms with Crippen molar-refractivity contribution >= 4 is 50.8 Å². The summed E-state index contributed by atoms with van der Waals surface area (Å²) in [7, 11) is 0. The standard InChI is InChI=1S/C14H7Cl2NO3S/c15-8-5-6-11(9(16)7-8)20-13(18)17-10-3-1-2-4-12(10)21-14(17)19/h1-7H. The molecule has 0 radical (unpaired) electrons. The van der Waals surface area contributed by atoms with E-state index in [1.165, 1.54) is 12.1 Å². The lowest BCUT2D eigenvalue weighted by Crippen LogP contribution is -2.25. The average Bonchev–Trinajstić information content (AvgIpc) is 2.77. The van der Waals surface area contributed by atoms with Crippen molar-refractivity contribution < 1.29 is 9.53 Å². The molecule has 2 aromatic carbocycles. The molecule has 1 heterocycles. The van der Waals surface area contributed by atoms with Crippen LogP contribution in [0.15, 0.2) is 47.3 Å². The Labute approximate surface area is 133 Å². The minimum absolute atomic E-state index is 0.147. The van der Waals surface area contributed by atoms with Crippen LogP contribution in [0.2, 0.25) is 10.0 Å². The van der Waals surface area contributed by atoms with Gasteiger partial charge in [0.25, 0.3) is 0 Å². The van der Waals surface area contributed by atoms with Gasteiger partial charge in [0, 0.05) is 5.02 Å². The number of para-hydroxylation sites is 1. The van der Waals surface area contributed by atoms with E-state index >= 15 is 0 Å². The number of hydrogen-bond donors (Lipinski definition) is 0. The first kappa shape index (κ1) is 14.1. The van der Waals surface area contributed by atoms with Gasteiger partial charge in [-0.2, -0.15) is 0 Å². The molecule has 0 saturated heterocycles. The molecule has 0 amide bonds. The second kappa shape index (κ2) is 5.52. The van der Waals surface area contributed by atoms with E-state index in [0.717, 1.165) is 15.9 Å². The number of ether oxygens (including phenoxy) is 1. The lowest BCUT2D eigenvalue weighted by Gasteiger charge is -2.06. The second-order valence-electron chi connectivity index (χ2n) is 4.11. The van der Waals surface area contributed by atoms with Crippen molar-refractivity contribution in [2.24, 2.45) is 0 Å². The number of benzene rings is 2. The number of rotatable bonds is 1. The molecule has 3 aromatic rings. The third-order valence-electron chi connectivity index (χ3n) is 2.76.